The quantitative estimate of drug-likeness (QED) is 0.149. The van der Waals surface area contributed by atoms with Gasteiger partial charge in [0.15, 0.2) is 0 Å². The van der Waals surface area contributed by atoms with Crippen molar-refractivity contribution in [3.8, 4) is 0 Å². The molecule has 2 aromatic heterocycles. The molecule has 2 aromatic carbocycles. The van der Waals surface area contributed by atoms with Crippen molar-refractivity contribution < 1.29 is 4.42 Å². The third-order valence-corrected chi connectivity index (χ3v) is 10.2. The highest BCUT2D eigenvalue weighted by Gasteiger charge is 2.34. The van der Waals surface area contributed by atoms with Crippen molar-refractivity contribution in [1.29, 1.82) is 0 Å². The molecule has 5 nitrogen and oxygen atoms in total. The first kappa shape index (κ1) is 31.6. The molecule has 4 aromatic rings. The normalized spacial score (nSPS) is 18.7. The van der Waals surface area contributed by atoms with Crippen LogP contribution >= 0.6 is 11.3 Å². The second kappa shape index (κ2) is 15.8. The zero-order valence-electron chi connectivity index (χ0n) is 26.5. The third kappa shape index (κ3) is 8.45. The van der Waals surface area contributed by atoms with Crippen LogP contribution in [0.5, 0.6) is 0 Å². The molecular formula is C37H50N4OS. The fraction of sp³-hybridized carbons (Fsp3) is 0.486. The van der Waals surface area contributed by atoms with Gasteiger partial charge >= 0.3 is 0 Å². The maximum absolute atomic E-state index is 6.73. The molecule has 0 aliphatic heterocycles. The number of rotatable bonds is 15. The van der Waals surface area contributed by atoms with Gasteiger partial charge in [-0.3, -0.25) is 4.90 Å². The van der Waals surface area contributed by atoms with Gasteiger partial charge in [-0.1, -0.05) is 93.4 Å². The summed E-state index contributed by atoms with van der Waals surface area (Å²) in [6.07, 6.45) is 7.04. The summed E-state index contributed by atoms with van der Waals surface area (Å²) in [5.41, 5.74) is 3.61. The maximum Gasteiger partial charge on any atom is 0.212 e. The lowest BCUT2D eigenvalue weighted by molar-refractivity contribution is 0.112. The van der Waals surface area contributed by atoms with Crippen molar-refractivity contribution in [2.24, 2.45) is 11.8 Å². The maximum atomic E-state index is 6.73. The smallest absolute Gasteiger partial charge is 0.212 e. The van der Waals surface area contributed by atoms with Crippen LogP contribution in [0, 0.1) is 11.8 Å². The molecule has 1 aliphatic rings. The monoisotopic (exact) mass is 598 g/mol. The highest BCUT2D eigenvalue weighted by Crippen LogP contribution is 2.43. The van der Waals surface area contributed by atoms with Crippen LogP contribution < -0.4 is 5.32 Å². The Labute approximate surface area is 263 Å². The Balaban J connectivity index is 1.32. The zero-order valence-corrected chi connectivity index (χ0v) is 27.4. The van der Waals surface area contributed by atoms with E-state index in [4.69, 9.17) is 9.40 Å². The first-order valence-corrected chi connectivity index (χ1v) is 17.1. The Kier molecular flexibility index (Phi) is 11.6. The number of oxazole rings is 1. The van der Waals surface area contributed by atoms with Crippen molar-refractivity contribution in [3.05, 3.63) is 112 Å². The fourth-order valence-electron chi connectivity index (χ4n) is 7.02. The largest absolute Gasteiger partial charge is 0.442 e. The number of benzene rings is 2. The van der Waals surface area contributed by atoms with Crippen LogP contribution in [0.2, 0.25) is 0 Å². The molecule has 1 fully saturated rings. The van der Waals surface area contributed by atoms with Gasteiger partial charge in [-0.05, 0) is 80.9 Å². The fourth-order valence-corrected chi connectivity index (χ4v) is 8.04. The van der Waals surface area contributed by atoms with Crippen LogP contribution in [0.4, 0.5) is 0 Å². The summed E-state index contributed by atoms with van der Waals surface area (Å²) in [4.78, 5) is 11.8. The lowest BCUT2D eigenvalue weighted by Crippen LogP contribution is -2.33. The highest BCUT2D eigenvalue weighted by molar-refractivity contribution is 7.10. The number of nitrogens with one attached hydrogen (secondary N) is 1. The van der Waals surface area contributed by atoms with Crippen molar-refractivity contribution in [2.75, 3.05) is 27.2 Å². The van der Waals surface area contributed by atoms with Crippen LogP contribution in [0.1, 0.15) is 91.4 Å². The van der Waals surface area contributed by atoms with Crippen LogP contribution in [0.3, 0.4) is 0 Å². The molecule has 2 atom stereocenters. The van der Waals surface area contributed by atoms with Crippen molar-refractivity contribution >= 4 is 11.3 Å². The van der Waals surface area contributed by atoms with Gasteiger partial charge < -0.3 is 14.6 Å². The molecule has 0 radical (unpaired) electrons. The molecule has 43 heavy (non-hydrogen) atoms. The summed E-state index contributed by atoms with van der Waals surface area (Å²) in [5.74, 6) is 3.29. The molecule has 2 unspecified atom stereocenters. The van der Waals surface area contributed by atoms with Gasteiger partial charge in [0.1, 0.15) is 5.76 Å². The van der Waals surface area contributed by atoms with Crippen molar-refractivity contribution in [1.82, 2.24) is 20.1 Å². The average Bonchev–Trinajstić information content (AvgIpc) is 3.70. The SMILES string of the molecule is CCN(CC)C(CC1CCC(C(c2cccs2)N(C)C)CC1)c1nc(Cc2ccccc2)c(CNCc2ccccc2)o1. The minimum atomic E-state index is 0.205. The first-order chi connectivity index (χ1) is 21.1. The summed E-state index contributed by atoms with van der Waals surface area (Å²) in [6, 6.07) is 26.5. The number of aromatic nitrogens is 1. The summed E-state index contributed by atoms with van der Waals surface area (Å²) >= 11 is 1.91. The molecule has 5 rings (SSSR count). The zero-order chi connectivity index (χ0) is 30.0. The van der Waals surface area contributed by atoms with Crippen molar-refractivity contribution in [3.63, 3.8) is 0 Å². The average molecular weight is 599 g/mol. The van der Waals surface area contributed by atoms with Gasteiger partial charge in [0.2, 0.25) is 5.89 Å². The molecular weight excluding hydrogens is 549 g/mol. The Bertz CT molecular complexity index is 1330. The molecule has 1 N–H and O–H groups in total. The predicted molar refractivity (Wildman–Crippen MR) is 179 cm³/mol. The molecule has 0 spiro atoms. The van der Waals surface area contributed by atoms with Crippen LogP contribution in [-0.2, 0) is 19.5 Å². The lowest BCUT2D eigenvalue weighted by atomic mass is 9.75. The molecule has 0 bridgehead atoms. The standard InChI is InChI=1S/C37H50N4OS/c1-5-41(6-2)33(25-29-19-21-31(22-20-29)36(40(3)4)35-18-13-23-43-35)37-39-32(24-28-14-9-7-10-15-28)34(42-37)27-38-26-30-16-11-8-12-17-30/h7-18,23,29,31,33,36,38H,5-6,19-22,24-27H2,1-4H3. The summed E-state index contributed by atoms with van der Waals surface area (Å²) in [6.45, 7) is 8.02. The molecule has 6 heteroatoms. The van der Waals surface area contributed by atoms with E-state index in [1.807, 2.05) is 11.3 Å². The predicted octanol–water partition coefficient (Wildman–Crippen LogP) is 8.50. The van der Waals surface area contributed by atoms with E-state index in [1.165, 1.54) is 41.7 Å². The highest BCUT2D eigenvalue weighted by atomic mass is 32.1. The molecule has 1 aliphatic carbocycles. The van der Waals surface area contributed by atoms with Gasteiger partial charge in [-0.25, -0.2) is 4.98 Å². The molecule has 2 heterocycles. The number of hydrogen-bond acceptors (Lipinski definition) is 6. The minimum Gasteiger partial charge on any atom is -0.442 e. The summed E-state index contributed by atoms with van der Waals surface area (Å²) < 4.78 is 6.73. The van der Waals surface area contributed by atoms with Crippen molar-refractivity contribution in [2.45, 2.75) is 77.5 Å². The topological polar surface area (TPSA) is 44.5 Å². The van der Waals surface area contributed by atoms with Gasteiger partial charge in [-0.2, -0.15) is 0 Å². The Morgan fingerprint density at radius 2 is 1.53 bits per heavy atom. The van der Waals surface area contributed by atoms with E-state index < -0.39 is 0 Å². The van der Waals surface area contributed by atoms with E-state index >= 15 is 0 Å². The van der Waals surface area contributed by atoms with Gasteiger partial charge in [0, 0.05) is 23.9 Å². The Morgan fingerprint density at radius 3 is 2.14 bits per heavy atom. The minimum absolute atomic E-state index is 0.205. The number of nitrogens with zero attached hydrogens (tertiary/aromatic N) is 3. The van der Waals surface area contributed by atoms with Gasteiger partial charge in [0.05, 0.1) is 18.3 Å². The van der Waals surface area contributed by atoms with Crippen LogP contribution in [0.25, 0.3) is 0 Å². The van der Waals surface area contributed by atoms with Gasteiger partial charge in [0.25, 0.3) is 0 Å². The molecule has 1 saturated carbocycles. The first-order valence-electron chi connectivity index (χ1n) is 16.3. The third-order valence-electron chi connectivity index (χ3n) is 9.29. The van der Waals surface area contributed by atoms with E-state index in [2.05, 4.69) is 121 Å². The van der Waals surface area contributed by atoms with Crippen LogP contribution in [0.15, 0.2) is 82.6 Å². The van der Waals surface area contributed by atoms with E-state index in [1.54, 1.807) is 0 Å². The molecule has 230 valence electrons. The second-order valence-electron chi connectivity index (χ2n) is 12.4. The molecule has 0 saturated heterocycles. The second-order valence-corrected chi connectivity index (χ2v) is 13.3. The van der Waals surface area contributed by atoms with E-state index in [0.29, 0.717) is 18.5 Å². The Morgan fingerprint density at radius 1 is 0.860 bits per heavy atom. The summed E-state index contributed by atoms with van der Waals surface area (Å²) in [7, 11) is 4.49. The van der Waals surface area contributed by atoms with Gasteiger partial charge in [-0.15, -0.1) is 11.3 Å². The van der Waals surface area contributed by atoms with E-state index in [9.17, 15) is 0 Å². The lowest BCUT2D eigenvalue weighted by Gasteiger charge is -2.38. The summed E-state index contributed by atoms with van der Waals surface area (Å²) in [5, 5.41) is 5.84. The van der Waals surface area contributed by atoms with E-state index in [0.717, 1.165) is 55.7 Å². The molecule has 0 amide bonds. The number of hydrogen-bond donors (Lipinski definition) is 1. The Hall–Kier alpha value is -2.77. The van der Waals surface area contributed by atoms with E-state index in [-0.39, 0.29) is 6.04 Å². The van der Waals surface area contributed by atoms with Crippen LogP contribution in [-0.4, -0.2) is 42.0 Å². The number of thiophene rings is 1.